The van der Waals surface area contributed by atoms with Crippen LogP contribution in [0.1, 0.15) is 32.3 Å². The molecular weight excluding hydrogens is 319 g/mol. The predicted molar refractivity (Wildman–Crippen MR) is 85.6 cm³/mol. The highest BCUT2D eigenvalue weighted by Crippen LogP contribution is 2.21. The molecule has 1 N–H and O–H groups in total. The number of hydrogen-bond donors (Lipinski definition) is 1. The number of benzene rings is 2. The zero-order valence-corrected chi connectivity index (χ0v) is 13.6. The van der Waals surface area contributed by atoms with Gasteiger partial charge in [0.05, 0.1) is 5.69 Å². The van der Waals surface area contributed by atoms with Crippen molar-refractivity contribution >= 4 is 11.6 Å². The van der Waals surface area contributed by atoms with E-state index in [1.165, 1.54) is 6.92 Å². The maximum Gasteiger partial charge on any atom is 0.265 e. The molecule has 0 aliphatic carbocycles. The molecule has 24 heavy (non-hydrogen) atoms. The van der Waals surface area contributed by atoms with E-state index in [0.29, 0.717) is 11.7 Å². The van der Waals surface area contributed by atoms with Crippen molar-refractivity contribution in [2.75, 3.05) is 5.32 Å². The molecule has 0 spiro atoms. The minimum absolute atomic E-state index is 0.371. The van der Waals surface area contributed by atoms with E-state index in [2.05, 4.69) is 19.2 Å². The maximum absolute atomic E-state index is 13.6. The van der Waals surface area contributed by atoms with Crippen LogP contribution < -0.4 is 10.1 Å². The number of amides is 1. The van der Waals surface area contributed by atoms with Crippen molar-refractivity contribution in [1.82, 2.24) is 0 Å². The number of carbonyl (C=O) groups excluding carboxylic acids is 1. The van der Waals surface area contributed by atoms with Gasteiger partial charge < -0.3 is 10.1 Å². The largest absolute Gasteiger partial charge is 0.481 e. The van der Waals surface area contributed by atoms with Gasteiger partial charge in [0.1, 0.15) is 5.75 Å². The smallest absolute Gasteiger partial charge is 0.265 e. The molecule has 0 fully saturated rings. The Morgan fingerprint density at radius 3 is 2.17 bits per heavy atom. The number of carbonyl (C=O) groups is 1. The van der Waals surface area contributed by atoms with Gasteiger partial charge in [0.15, 0.2) is 23.6 Å². The molecule has 0 aliphatic heterocycles. The lowest BCUT2D eigenvalue weighted by Crippen LogP contribution is -2.30. The third kappa shape index (κ3) is 4.07. The highest BCUT2D eigenvalue weighted by Gasteiger charge is 2.19. The number of halogens is 3. The fourth-order valence-electron chi connectivity index (χ4n) is 2.05. The summed E-state index contributed by atoms with van der Waals surface area (Å²) in [6.07, 6.45) is -0.942. The van der Waals surface area contributed by atoms with Crippen LogP contribution in [-0.4, -0.2) is 12.0 Å². The van der Waals surface area contributed by atoms with Gasteiger partial charge in [0.25, 0.3) is 5.91 Å². The molecule has 1 unspecified atom stereocenters. The molecule has 0 heterocycles. The number of rotatable bonds is 5. The third-order valence-electron chi connectivity index (χ3n) is 3.52. The van der Waals surface area contributed by atoms with Crippen LogP contribution in [-0.2, 0) is 4.79 Å². The molecule has 0 saturated carbocycles. The Kier molecular flexibility index (Phi) is 5.49. The van der Waals surface area contributed by atoms with Crippen molar-refractivity contribution in [3.05, 3.63) is 59.4 Å². The lowest BCUT2D eigenvalue weighted by molar-refractivity contribution is -0.122. The molecule has 0 radical (unpaired) electrons. The lowest BCUT2D eigenvalue weighted by atomic mass is 10.0. The Bertz CT molecular complexity index is 730. The topological polar surface area (TPSA) is 38.3 Å². The number of hydrogen-bond acceptors (Lipinski definition) is 2. The first-order chi connectivity index (χ1) is 11.3. The van der Waals surface area contributed by atoms with Gasteiger partial charge in [-0.3, -0.25) is 4.79 Å². The second-order valence-corrected chi connectivity index (χ2v) is 5.70. The Morgan fingerprint density at radius 2 is 1.58 bits per heavy atom. The minimum atomic E-state index is -1.63. The van der Waals surface area contributed by atoms with Gasteiger partial charge in [-0.1, -0.05) is 26.0 Å². The first-order valence-electron chi connectivity index (χ1n) is 7.50. The Labute approximate surface area is 138 Å². The average Bonchev–Trinajstić information content (AvgIpc) is 2.55. The molecule has 2 aromatic rings. The summed E-state index contributed by atoms with van der Waals surface area (Å²) in [4.78, 5) is 12.0. The average molecular weight is 337 g/mol. The predicted octanol–water partition coefficient (Wildman–Crippen LogP) is 4.63. The van der Waals surface area contributed by atoms with Crippen molar-refractivity contribution in [3.8, 4) is 5.75 Å². The Morgan fingerprint density at radius 1 is 0.958 bits per heavy atom. The van der Waals surface area contributed by atoms with Gasteiger partial charge in [-0.2, -0.15) is 0 Å². The van der Waals surface area contributed by atoms with Crippen LogP contribution in [0.4, 0.5) is 18.9 Å². The summed E-state index contributed by atoms with van der Waals surface area (Å²) < 4.78 is 45.1. The fourth-order valence-corrected chi connectivity index (χ4v) is 2.05. The van der Waals surface area contributed by atoms with E-state index >= 15 is 0 Å². The molecular formula is C18H18F3NO2. The molecule has 0 aromatic heterocycles. The molecule has 6 heteroatoms. The Hall–Kier alpha value is -2.50. The van der Waals surface area contributed by atoms with E-state index in [1.807, 2.05) is 12.1 Å². The molecule has 0 bridgehead atoms. The van der Waals surface area contributed by atoms with Crippen molar-refractivity contribution < 1.29 is 22.7 Å². The summed E-state index contributed by atoms with van der Waals surface area (Å²) >= 11 is 0. The Balaban J connectivity index is 2.03. The quantitative estimate of drug-likeness (QED) is 0.808. The second kappa shape index (κ2) is 7.38. The number of ether oxygens (including phenoxy) is 1. The molecule has 0 saturated heterocycles. The van der Waals surface area contributed by atoms with Crippen LogP contribution in [0.2, 0.25) is 0 Å². The zero-order chi connectivity index (χ0) is 17.9. The van der Waals surface area contributed by atoms with Crippen LogP contribution in [0.25, 0.3) is 0 Å². The van der Waals surface area contributed by atoms with Gasteiger partial charge in [0.2, 0.25) is 0 Å². The highest BCUT2D eigenvalue weighted by molar-refractivity contribution is 5.94. The summed E-state index contributed by atoms with van der Waals surface area (Å²) in [6, 6.07) is 8.94. The van der Waals surface area contributed by atoms with Gasteiger partial charge in [0, 0.05) is 0 Å². The van der Waals surface area contributed by atoms with Gasteiger partial charge in [-0.05, 0) is 42.7 Å². The van der Waals surface area contributed by atoms with Crippen LogP contribution in [0, 0.1) is 17.5 Å². The van der Waals surface area contributed by atoms with Crippen molar-refractivity contribution in [2.24, 2.45) is 0 Å². The van der Waals surface area contributed by atoms with Gasteiger partial charge >= 0.3 is 0 Å². The second-order valence-electron chi connectivity index (χ2n) is 5.70. The van der Waals surface area contributed by atoms with Crippen molar-refractivity contribution in [3.63, 3.8) is 0 Å². The van der Waals surface area contributed by atoms with E-state index in [1.54, 1.807) is 12.1 Å². The van der Waals surface area contributed by atoms with Gasteiger partial charge in [-0.15, -0.1) is 0 Å². The van der Waals surface area contributed by atoms with E-state index in [4.69, 9.17) is 4.74 Å². The summed E-state index contributed by atoms with van der Waals surface area (Å²) in [5, 5.41) is 2.18. The highest BCUT2D eigenvalue weighted by atomic mass is 19.2. The zero-order valence-electron chi connectivity index (χ0n) is 13.6. The standard InChI is InChI=1S/C18H18F3NO2/c1-10(2)12-4-6-13(7-5-12)24-11(3)18(23)22-15-9-8-14(19)16(20)17(15)21/h4-11H,1-3H3,(H,22,23). The molecule has 2 rings (SSSR count). The summed E-state index contributed by atoms with van der Waals surface area (Å²) in [5.74, 6) is -4.22. The SMILES string of the molecule is CC(Oc1ccc(C(C)C)cc1)C(=O)Nc1ccc(F)c(F)c1F. The van der Waals surface area contributed by atoms with Crippen LogP contribution in [0.5, 0.6) is 5.75 Å². The molecule has 128 valence electrons. The van der Waals surface area contributed by atoms with E-state index < -0.39 is 35.2 Å². The van der Waals surface area contributed by atoms with Crippen LogP contribution >= 0.6 is 0 Å². The fraction of sp³-hybridized carbons (Fsp3) is 0.278. The molecule has 2 aromatic carbocycles. The molecule has 1 atom stereocenters. The van der Waals surface area contributed by atoms with Crippen LogP contribution in [0.15, 0.2) is 36.4 Å². The lowest BCUT2D eigenvalue weighted by Gasteiger charge is -2.16. The monoisotopic (exact) mass is 337 g/mol. The van der Waals surface area contributed by atoms with E-state index in [0.717, 1.165) is 17.7 Å². The van der Waals surface area contributed by atoms with Gasteiger partial charge in [-0.25, -0.2) is 13.2 Å². The number of anilines is 1. The number of nitrogens with one attached hydrogen (secondary N) is 1. The summed E-state index contributed by atoms with van der Waals surface area (Å²) in [7, 11) is 0. The molecule has 1 amide bonds. The normalized spacial score (nSPS) is 12.1. The van der Waals surface area contributed by atoms with Crippen LogP contribution in [0.3, 0.4) is 0 Å². The first kappa shape index (κ1) is 17.8. The molecule has 3 nitrogen and oxygen atoms in total. The summed E-state index contributed by atoms with van der Waals surface area (Å²) in [6.45, 7) is 5.59. The van der Waals surface area contributed by atoms with E-state index in [-0.39, 0.29) is 0 Å². The van der Waals surface area contributed by atoms with Crippen molar-refractivity contribution in [2.45, 2.75) is 32.8 Å². The third-order valence-corrected chi connectivity index (χ3v) is 3.52. The maximum atomic E-state index is 13.6. The summed E-state index contributed by atoms with van der Waals surface area (Å²) in [5.41, 5.74) is 0.688. The first-order valence-corrected chi connectivity index (χ1v) is 7.50. The van der Waals surface area contributed by atoms with Crippen molar-refractivity contribution in [1.29, 1.82) is 0 Å². The van der Waals surface area contributed by atoms with E-state index in [9.17, 15) is 18.0 Å². The molecule has 0 aliphatic rings. The minimum Gasteiger partial charge on any atom is -0.481 e.